The van der Waals surface area contributed by atoms with Gasteiger partial charge in [0.2, 0.25) is 28.5 Å². The molecular weight excluding hydrogens is 1310 g/mol. The molecule has 10 aromatic carbocycles. The van der Waals surface area contributed by atoms with E-state index in [4.69, 9.17) is 8.22 Å². The normalized spacial score (nSPS) is 11.7. The molecule has 0 fully saturated rings. The Hall–Kier alpha value is -12.1. The van der Waals surface area contributed by atoms with Crippen molar-refractivity contribution >= 4 is 0 Å². The predicted molar refractivity (Wildman–Crippen MR) is 454 cm³/mol. The smallest absolute Gasteiger partial charge is 0.201 e. The molecule has 0 saturated carbocycles. The minimum atomic E-state index is -2.09. The zero-order chi connectivity index (χ0) is 81.7. The monoisotopic (exact) mass is 1420 g/mol. The van der Waals surface area contributed by atoms with E-state index in [9.17, 15) is 0 Å². The summed E-state index contributed by atoms with van der Waals surface area (Å²) in [4.78, 5) is 0. The second-order valence-electron chi connectivity index (χ2n) is 28.7. The molecule has 0 amide bonds. The van der Waals surface area contributed by atoms with Crippen LogP contribution in [0.3, 0.4) is 0 Å². The summed E-state index contributed by atoms with van der Waals surface area (Å²) in [5, 5.41) is 0. The van der Waals surface area contributed by atoms with Crippen molar-refractivity contribution < 1.29 is 31.1 Å². The van der Waals surface area contributed by atoms with Crippen LogP contribution in [0.25, 0.3) is 112 Å². The van der Waals surface area contributed by atoms with E-state index in [0.717, 1.165) is 28.1 Å². The number of aromatic nitrogens is 5. The molecule has 5 nitrogen and oxygen atoms in total. The molecule has 0 bridgehead atoms. The number of aryl methyl sites for hydroxylation is 18. The first-order valence-corrected chi connectivity index (χ1v) is 37.1. The van der Waals surface area contributed by atoms with Crippen LogP contribution in [0.2, 0.25) is 0 Å². The van der Waals surface area contributed by atoms with E-state index >= 15 is 0 Å². The molecular formula is C103H106N5+5. The maximum atomic E-state index is 7.71. The fourth-order valence-corrected chi connectivity index (χ4v) is 14.0. The Labute approximate surface area is 652 Å². The van der Waals surface area contributed by atoms with Crippen molar-refractivity contribution in [2.24, 2.45) is 35.2 Å². The van der Waals surface area contributed by atoms with Crippen molar-refractivity contribution in [3.63, 3.8) is 0 Å². The van der Waals surface area contributed by atoms with Gasteiger partial charge in [-0.15, -0.1) is 0 Å². The van der Waals surface area contributed by atoms with E-state index < -0.39 is 13.7 Å². The van der Waals surface area contributed by atoms with Crippen molar-refractivity contribution in [3.05, 3.63) is 388 Å². The summed E-state index contributed by atoms with van der Waals surface area (Å²) in [6.45, 7) is 19.1. The van der Waals surface area contributed by atoms with Crippen molar-refractivity contribution in [2.75, 3.05) is 0 Å². The van der Waals surface area contributed by atoms with E-state index in [1.807, 2.05) is 66.6 Å². The van der Waals surface area contributed by atoms with Crippen molar-refractivity contribution in [3.8, 4) is 112 Å². The molecule has 0 atom stereocenters. The van der Waals surface area contributed by atoms with Gasteiger partial charge in [0.1, 0.15) is 35.2 Å². The number of pyridine rings is 5. The van der Waals surface area contributed by atoms with Crippen LogP contribution in [0, 0.1) is 89.9 Å². The fraction of sp³-hybridized carbons (Fsp3) is 0.175. The summed E-state index contributed by atoms with van der Waals surface area (Å²) in [6.07, 6.45) is 9.90. The number of nitrogens with zero attached hydrogens (tertiary/aromatic N) is 5. The molecule has 0 aliphatic rings. The molecule has 0 N–H and O–H groups in total. The van der Waals surface area contributed by atoms with Gasteiger partial charge in [0.15, 0.2) is 31.0 Å². The third-order valence-corrected chi connectivity index (χ3v) is 20.4. The molecule has 0 spiro atoms. The van der Waals surface area contributed by atoms with Gasteiger partial charge in [-0.25, -0.2) is 22.8 Å². The Bertz CT molecular complexity index is 5880. The molecule has 538 valence electrons. The molecule has 108 heavy (non-hydrogen) atoms. The molecule has 0 saturated heterocycles. The highest BCUT2D eigenvalue weighted by molar-refractivity contribution is 5.78. The van der Waals surface area contributed by atoms with Crippen LogP contribution >= 0.6 is 0 Å². The average Bonchev–Trinajstić information content (AvgIpc) is 0.845. The van der Waals surface area contributed by atoms with E-state index in [0.29, 0.717) is 11.1 Å². The van der Waals surface area contributed by atoms with Crippen LogP contribution in [0.1, 0.15) is 80.5 Å². The minimum absolute atomic E-state index is 0.356. The van der Waals surface area contributed by atoms with E-state index in [2.05, 4.69) is 365 Å². The Kier molecular flexibility index (Phi) is 22.6. The molecule has 0 radical (unpaired) electrons. The van der Waals surface area contributed by atoms with Gasteiger partial charge in [-0.2, -0.15) is 0 Å². The average molecular weight is 1420 g/mol. The van der Waals surface area contributed by atoms with Gasteiger partial charge in [-0.1, -0.05) is 200 Å². The highest BCUT2D eigenvalue weighted by atomic mass is 14.9. The lowest BCUT2D eigenvalue weighted by Crippen LogP contribution is -2.31. The molecule has 0 unspecified atom stereocenters. The first-order chi connectivity index (χ1) is 54.4. The lowest BCUT2D eigenvalue weighted by molar-refractivity contribution is -0.660. The van der Waals surface area contributed by atoms with Crippen LogP contribution in [0.5, 0.6) is 0 Å². The second-order valence-corrected chi connectivity index (χ2v) is 28.7. The van der Waals surface area contributed by atoms with Crippen molar-refractivity contribution in [1.29, 1.82) is 0 Å². The van der Waals surface area contributed by atoms with Crippen LogP contribution in [-0.4, -0.2) is 0 Å². The predicted octanol–water partition coefficient (Wildman–Crippen LogP) is 23.2. The van der Waals surface area contributed by atoms with Gasteiger partial charge >= 0.3 is 0 Å². The third-order valence-electron chi connectivity index (χ3n) is 20.4. The molecule has 0 aliphatic carbocycles. The van der Waals surface area contributed by atoms with E-state index in [1.165, 1.54) is 145 Å². The lowest BCUT2D eigenvalue weighted by Gasteiger charge is -2.12. The zero-order valence-corrected chi connectivity index (χ0v) is 65.8. The Morgan fingerprint density at radius 3 is 0.880 bits per heavy atom. The van der Waals surface area contributed by atoms with E-state index in [-0.39, 0.29) is 0 Å². The summed E-state index contributed by atoms with van der Waals surface area (Å²) < 4.78 is 56.2. The van der Waals surface area contributed by atoms with Crippen LogP contribution in [0.4, 0.5) is 0 Å². The highest BCUT2D eigenvalue weighted by Crippen LogP contribution is 2.35. The van der Waals surface area contributed by atoms with Crippen LogP contribution < -0.4 is 22.8 Å². The Balaban J connectivity index is 0.000000141. The molecule has 15 rings (SSSR count). The number of rotatable bonds is 10. The van der Waals surface area contributed by atoms with Gasteiger partial charge in [-0.3, -0.25) is 0 Å². The molecule has 5 heteroatoms. The first kappa shape index (κ1) is 69.0. The van der Waals surface area contributed by atoms with Gasteiger partial charge in [-0.05, 0) is 244 Å². The second kappa shape index (κ2) is 35.4. The maximum absolute atomic E-state index is 7.71. The van der Waals surface area contributed by atoms with Gasteiger partial charge in [0.25, 0.3) is 0 Å². The Morgan fingerprint density at radius 2 is 0.491 bits per heavy atom. The van der Waals surface area contributed by atoms with Crippen molar-refractivity contribution in [1.82, 2.24) is 0 Å². The van der Waals surface area contributed by atoms with Gasteiger partial charge in [0, 0.05) is 94.7 Å². The van der Waals surface area contributed by atoms with Crippen LogP contribution in [0.15, 0.2) is 316 Å². The highest BCUT2D eigenvalue weighted by Gasteiger charge is 2.21. The standard InChI is InChI=1S/C22H24N.2C21H22N.C20H20N.C19H18N/c1-15-13-22(23(5)14-18(15)4)21-12-16(2)20(11-17(21)3)19-9-7-6-8-10-19;1-15-10-11-19(18-8-6-5-7-9-18)13-20(15)21-12-16(2)17(3)14-22(21)4;1-15-10-11-21(22(4)14-15)20-13-16(2)19(12-17(20)3)18-8-6-5-7-9-18;1-15-9-12-20(21(3)14-15)19-13-18(11-10-16(19)2)17-7-5-4-6-8-17;1-15-11-12-17(16-8-4-3-5-9-16)14-18(15)19-10-6-7-13-20(19)2/h6-14H,1-5H3;2*5-14H,1-4H3;4-14H,1-3H3;3-14H,1-2H3/q5*+1/i4D3;;1D3;;. The topological polar surface area (TPSA) is 19.4 Å². The maximum Gasteiger partial charge on any atom is 0.212 e. The Morgan fingerprint density at radius 1 is 0.185 bits per heavy atom. The van der Waals surface area contributed by atoms with Crippen LogP contribution in [-0.2, 0) is 35.2 Å². The number of benzene rings is 10. The summed E-state index contributed by atoms with van der Waals surface area (Å²) in [5.74, 6) is 0. The molecule has 5 heterocycles. The lowest BCUT2D eigenvalue weighted by atomic mass is 9.93. The fourth-order valence-electron chi connectivity index (χ4n) is 14.0. The van der Waals surface area contributed by atoms with Crippen molar-refractivity contribution in [2.45, 2.75) is 89.9 Å². The zero-order valence-electron chi connectivity index (χ0n) is 71.8. The van der Waals surface area contributed by atoms with Gasteiger partial charge in [0.05, 0.1) is 0 Å². The quantitative estimate of drug-likeness (QED) is 0.122. The third kappa shape index (κ3) is 18.8. The minimum Gasteiger partial charge on any atom is -0.201 e. The summed E-state index contributed by atoms with van der Waals surface area (Å²) in [7, 11) is 10.1. The number of hydrogen-bond donors (Lipinski definition) is 0. The SMILES string of the molecule is Cc1cc(-c2cc(-c3ccccc3)ccc2C)[n+](C)cc1C.Cc1ccc(-c2cc(-c3ccccc3)ccc2C)[n+](C)c1.Cc1ccc(-c2ccccc2)cc1-c1cccc[n+]1C.[2H]C([2H])([2H])c1c[n+](C)c(-c2cc(C)c(-c3ccccc3)cc2C)cc1C.[2H]C([2H])([2H])c1ccc(-c2cc(C)c(-c3ccccc3)cc2C)[n+](C)c1. The summed E-state index contributed by atoms with van der Waals surface area (Å²) in [5.41, 5.74) is 38.5. The number of hydrogen-bond acceptors (Lipinski definition) is 0. The molecule has 5 aromatic heterocycles. The first-order valence-electron chi connectivity index (χ1n) is 40.1. The largest absolute Gasteiger partial charge is 0.212 e. The summed E-state index contributed by atoms with van der Waals surface area (Å²) in [6, 6.07) is 99.7. The van der Waals surface area contributed by atoms with Gasteiger partial charge < -0.3 is 0 Å². The summed E-state index contributed by atoms with van der Waals surface area (Å²) >= 11 is 0. The molecule has 0 aliphatic heterocycles. The molecule has 15 aromatic rings. The van der Waals surface area contributed by atoms with E-state index in [1.54, 1.807) is 18.5 Å².